The van der Waals surface area contributed by atoms with Gasteiger partial charge >= 0.3 is 12.1 Å². The number of carboxylic acids is 1. The number of carbonyl (C=O) groups is 2. The molecule has 0 saturated carbocycles. The van der Waals surface area contributed by atoms with Crippen LogP contribution in [-0.2, 0) is 14.1 Å². The van der Waals surface area contributed by atoms with Gasteiger partial charge in [-0.1, -0.05) is 12.7 Å². The van der Waals surface area contributed by atoms with Crippen molar-refractivity contribution in [3.05, 3.63) is 12.7 Å². The molecule has 0 aromatic heterocycles. The number of ether oxygens (including phenoxy) is 1. The van der Waals surface area contributed by atoms with Crippen LogP contribution in [0.5, 0.6) is 0 Å². The predicted molar refractivity (Wildman–Crippen MR) is 60.2 cm³/mol. The number of carboxylic acid groups (broad SMARTS) is 1. The predicted octanol–water partition coefficient (Wildman–Crippen LogP) is 1.28. The van der Waals surface area contributed by atoms with Crippen LogP contribution >= 0.6 is 7.14 Å². The molecule has 0 aliphatic rings. The van der Waals surface area contributed by atoms with E-state index in [0.29, 0.717) is 0 Å². The minimum absolute atomic E-state index is 0.00726. The highest BCUT2D eigenvalue weighted by atomic mass is 31.2. The van der Waals surface area contributed by atoms with Crippen LogP contribution in [0.3, 0.4) is 0 Å². The van der Waals surface area contributed by atoms with E-state index in [1.54, 1.807) is 0 Å². The molecule has 0 aromatic rings. The van der Waals surface area contributed by atoms with Gasteiger partial charge in [-0.25, -0.2) is 4.79 Å². The van der Waals surface area contributed by atoms with Crippen molar-refractivity contribution in [3.63, 3.8) is 0 Å². The van der Waals surface area contributed by atoms with Crippen molar-refractivity contribution in [1.29, 1.82) is 0 Å². The van der Waals surface area contributed by atoms with Crippen LogP contribution in [0.1, 0.15) is 0 Å². The van der Waals surface area contributed by atoms with Gasteiger partial charge < -0.3 is 14.4 Å². The maximum atomic E-state index is 11.5. The molecule has 0 aliphatic heterocycles. The van der Waals surface area contributed by atoms with Crippen molar-refractivity contribution < 1.29 is 24.0 Å². The maximum Gasteiger partial charge on any atom is 0.411 e. The van der Waals surface area contributed by atoms with Crippen molar-refractivity contribution in [1.82, 2.24) is 4.90 Å². The van der Waals surface area contributed by atoms with Gasteiger partial charge in [0.15, 0.2) is 0 Å². The molecule has 0 aromatic carbocycles. The van der Waals surface area contributed by atoms with Gasteiger partial charge in [-0.2, -0.15) is 0 Å². The Morgan fingerprint density at radius 3 is 2.44 bits per heavy atom. The first-order valence-electron chi connectivity index (χ1n) is 4.54. The molecular formula is C9H16NO5P. The van der Waals surface area contributed by atoms with Crippen molar-refractivity contribution in [2.75, 3.05) is 32.8 Å². The fraction of sp³-hybridized carbons (Fsp3) is 0.556. The van der Waals surface area contributed by atoms with Crippen LogP contribution in [0.25, 0.3) is 0 Å². The summed E-state index contributed by atoms with van der Waals surface area (Å²) in [7, 11) is -2.53. The summed E-state index contributed by atoms with van der Waals surface area (Å²) in [5, 5.41) is 8.60. The van der Waals surface area contributed by atoms with Crippen molar-refractivity contribution >= 4 is 19.2 Å². The first-order valence-corrected chi connectivity index (χ1v) is 7.33. The van der Waals surface area contributed by atoms with Crippen molar-refractivity contribution in [3.8, 4) is 0 Å². The zero-order valence-electron chi connectivity index (χ0n) is 9.38. The third kappa shape index (κ3) is 7.06. The SMILES string of the molecule is C=CCOC(=O)N(CC(=O)O)CP(C)(C)=O. The Labute approximate surface area is 94.2 Å². The average molecular weight is 249 g/mol. The monoisotopic (exact) mass is 249 g/mol. The molecule has 0 bridgehead atoms. The third-order valence-corrected chi connectivity index (χ3v) is 2.44. The number of nitrogens with zero attached hydrogens (tertiary/aromatic N) is 1. The largest absolute Gasteiger partial charge is 0.480 e. The number of hydrogen-bond acceptors (Lipinski definition) is 4. The zero-order valence-corrected chi connectivity index (χ0v) is 10.3. The maximum absolute atomic E-state index is 11.5. The van der Waals surface area contributed by atoms with E-state index in [9.17, 15) is 14.2 Å². The number of hydrogen-bond donors (Lipinski definition) is 1. The number of aliphatic carboxylic acids is 1. The molecule has 0 rings (SSSR count). The minimum atomic E-state index is -2.53. The molecule has 92 valence electrons. The summed E-state index contributed by atoms with van der Waals surface area (Å²) in [5.41, 5.74) is 0. The molecule has 0 atom stereocenters. The molecule has 0 unspecified atom stereocenters. The van der Waals surface area contributed by atoms with E-state index >= 15 is 0 Å². The highest BCUT2D eigenvalue weighted by molar-refractivity contribution is 7.62. The Balaban J connectivity index is 4.53. The summed E-state index contributed by atoms with van der Waals surface area (Å²) >= 11 is 0. The second-order valence-electron chi connectivity index (χ2n) is 3.67. The molecule has 6 nitrogen and oxygen atoms in total. The third-order valence-electron chi connectivity index (χ3n) is 1.42. The fourth-order valence-corrected chi connectivity index (χ4v) is 2.01. The van der Waals surface area contributed by atoms with Gasteiger partial charge in [-0.05, 0) is 13.3 Å². The molecule has 0 heterocycles. The van der Waals surface area contributed by atoms with E-state index in [4.69, 9.17) is 5.11 Å². The average Bonchev–Trinajstić information content (AvgIpc) is 2.10. The zero-order chi connectivity index (χ0) is 12.8. The van der Waals surface area contributed by atoms with E-state index in [2.05, 4.69) is 11.3 Å². The molecule has 7 heteroatoms. The van der Waals surface area contributed by atoms with Crippen LogP contribution in [0, 0.1) is 0 Å². The molecule has 0 saturated heterocycles. The lowest BCUT2D eigenvalue weighted by atomic mass is 10.6. The normalized spacial score (nSPS) is 10.6. The van der Waals surface area contributed by atoms with Gasteiger partial charge in [0, 0.05) is 0 Å². The van der Waals surface area contributed by atoms with E-state index < -0.39 is 25.7 Å². The smallest absolute Gasteiger partial charge is 0.411 e. The number of rotatable bonds is 6. The lowest BCUT2D eigenvalue weighted by Crippen LogP contribution is -2.36. The van der Waals surface area contributed by atoms with Gasteiger partial charge in [-0.15, -0.1) is 0 Å². The molecule has 1 amide bonds. The lowest BCUT2D eigenvalue weighted by molar-refractivity contribution is -0.137. The van der Waals surface area contributed by atoms with E-state index in [1.165, 1.54) is 19.4 Å². The van der Waals surface area contributed by atoms with Crippen LogP contribution in [0.2, 0.25) is 0 Å². The molecule has 0 fully saturated rings. The quantitative estimate of drug-likeness (QED) is 0.566. The Kier molecular flexibility index (Phi) is 5.82. The van der Waals surface area contributed by atoms with Gasteiger partial charge in [0.25, 0.3) is 0 Å². The summed E-state index contributed by atoms with van der Waals surface area (Å²) in [6.45, 7) is 5.78. The summed E-state index contributed by atoms with van der Waals surface area (Å²) in [4.78, 5) is 22.8. The fourth-order valence-electron chi connectivity index (χ4n) is 0.968. The van der Waals surface area contributed by atoms with Gasteiger partial charge in [0.05, 0.1) is 6.29 Å². The van der Waals surface area contributed by atoms with Gasteiger partial charge in [0.2, 0.25) is 0 Å². The summed E-state index contributed by atoms with van der Waals surface area (Å²) in [5.74, 6) is -1.18. The van der Waals surface area contributed by atoms with E-state index in [1.807, 2.05) is 0 Å². The second kappa shape index (κ2) is 6.33. The lowest BCUT2D eigenvalue weighted by Gasteiger charge is -2.21. The Morgan fingerprint density at radius 2 is 2.06 bits per heavy atom. The Morgan fingerprint density at radius 1 is 1.50 bits per heavy atom. The van der Waals surface area contributed by atoms with E-state index in [-0.39, 0.29) is 12.9 Å². The number of amides is 1. The summed E-state index contributed by atoms with van der Waals surface area (Å²) in [6, 6.07) is 0. The number of carbonyl (C=O) groups excluding carboxylic acids is 1. The topological polar surface area (TPSA) is 83.9 Å². The van der Waals surface area contributed by atoms with Gasteiger partial charge in [-0.3, -0.25) is 9.69 Å². The highest BCUT2D eigenvalue weighted by Crippen LogP contribution is 2.36. The van der Waals surface area contributed by atoms with E-state index in [0.717, 1.165) is 4.90 Å². The van der Waals surface area contributed by atoms with Gasteiger partial charge in [0.1, 0.15) is 20.3 Å². The minimum Gasteiger partial charge on any atom is -0.480 e. The standard InChI is InChI=1S/C9H16NO5P/c1-4-5-15-9(13)10(6-8(11)12)7-16(2,3)14/h4H,1,5-7H2,2-3H3,(H,11,12). The highest BCUT2D eigenvalue weighted by Gasteiger charge is 2.23. The molecule has 0 radical (unpaired) electrons. The summed E-state index contributed by atoms with van der Waals surface area (Å²) in [6.07, 6.45) is 0.454. The molecule has 0 aliphatic carbocycles. The van der Waals surface area contributed by atoms with Crippen LogP contribution in [0.15, 0.2) is 12.7 Å². The molecule has 1 N–H and O–H groups in total. The van der Waals surface area contributed by atoms with Crippen molar-refractivity contribution in [2.45, 2.75) is 0 Å². The van der Waals surface area contributed by atoms with Crippen molar-refractivity contribution in [2.24, 2.45) is 0 Å². The first kappa shape index (κ1) is 14.7. The van der Waals surface area contributed by atoms with Crippen LogP contribution < -0.4 is 0 Å². The van der Waals surface area contributed by atoms with Crippen LogP contribution in [0.4, 0.5) is 4.79 Å². The molecule has 16 heavy (non-hydrogen) atoms. The van der Waals surface area contributed by atoms with Crippen LogP contribution in [-0.4, -0.2) is 54.8 Å². The second-order valence-corrected chi connectivity index (χ2v) is 7.10. The first-order chi connectivity index (χ1) is 7.26. The summed E-state index contributed by atoms with van der Waals surface area (Å²) < 4.78 is 16.2. The Bertz CT molecular complexity index is 322. The molecular weight excluding hydrogens is 233 g/mol. The Hall–Kier alpha value is -1.29. The molecule has 0 spiro atoms.